The SMILES string of the molecule is COc1cccc(C(C)NC2CCSCC2)c1. The van der Waals surface area contributed by atoms with Gasteiger partial charge in [-0.3, -0.25) is 0 Å². The van der Waals surface area contributed by atoms with E-state index in [0.29, 0.717) is 12.1 Å². The number of thioether (sulfide) groups is 1. The molecular weight excluding hydrogens is 230 g/mol. The van der Waals surface area contributed by atoms with Gasteiger partial charge in [0, 0.05) is 12.1 Å². The quantitative estimate of drug-likeness (QED) is 0.887. The van der Waals surface area contributed by atoms with Crippen molar-refractivity contribution >= 4 is 11.8 Å². The Labute approximate surface area is 108 Å². The van der Waals surface area contributed by atoms with Gasteiger partial charge in [-0.05, 0) is 49.0 Å². The van der Waals surface area contributed by atoms with Crippen LogP contribution in [0.3, 0.4) is 0 Å². The minimum Gasteiger partial charge on any atom is -0.497 e. The molecule has 1 N–H and O–H groups in total. The molecule has 3 heteroatoms. The van der Waals surface area contributed by atoms with Crippen LogP contribution in [0.25, 0.3) is 0 Å². The zero-order valence-corrected chi connectivity index (χ0v) is 11.4. The number of hydrogen-bond donors (Lipinski definition) is 1. The lowest BCUT2D eigenvalue weighted by atomic mass is 10.1. The molecule has 1 aliphatic heterocycles. The highest BCUT2D eigenvalue weighted by Gasteiger charge is 2.16. The fourth-order valence-corrected chi connectivity index (χ4v) is 3.33. The Bertz CT molecular complexity index is 350. The summed E-state index contributed by atoms with van der Waals surface area (Å²) in [6.45, 7) is 2.23. The first kappa shape index (κ1) is 12.8. The third-order valence-corrected chi connectivity index (χ3v) is 4.35. The number of methoxy groups -OCH3 is 1. The summed E-state index contributed by atoms with van der Waals surface area (Å²) in [6.07, 6.45) is 2.58. The maximum Gasteiger partial charge on any atom is 0.119 e. The van der Waals surface area contributed by atoms with Crippen LogP contribution in [0.2, 0.25) is 0 Å². The molecule has 1 aliphatic rings. The van der Waals surface area contributed by atoms with Crippen LogP contribution in [-0.2, 0) is 0 Å². The predicted octanol–water partition coefficient (Wildman–Crippen LogP) is 3.24. The highest BCUT2D eigenvalue weighted by molar-refractivity contribution is 7.99. The molecule has 1 heterocycles. The van der Waals surface area contributed by atoms with Gasteiger partial charge in [-0.15, -0.1) is 0 Å². The van der Waals surface area contributed by atoms with E-state index in [9.17, 15) is 0 Å². The second-order valence-electron chi connectivity index (χ2n) is 4.55. The zero-order valence-electron chi connectivity index (χ0n) is 10.6. The lowest BCUT2D eigenvalue weighted by Gasteiger charge is -2.26. The van der Waals surface area contributed by atoms with Crippen LogP contribution in [0.1, 0.15) is 31.4 Å². The standard InChI is InChI=1S/C14H21NOS/c1-11(15-13-6-8-17-9-7-13)12-4-3-5-14(10-12)16-2/h3-5,10-11,13,15H,6-9H2,1-2H3. The van der Waals surface area contributed by atoms with Gasteiger partial charge in [0.15, 0.2) is 0 Å². The Morgan fingerprint density at radius 3 is 2.82 bits per heavy atom. The van der Waals surface area contributed by atoms with Gasteiger partial charge in [-0.2, -0.15) is 11.8 Å². The van der Waals surface area contributed by atoms with E-state index < -0.39 is 0 Å². The summed E-state index contributed by atoms with van der Waals surface area (Å²) >= 11 is 2.07. The van der Waals surface area contributed by atoms with Crippen molar-refractivity contribution in [1.82, 2.24) is 5.32 Å². The highest BCUT2D eigenvalue weighted by atomic mass is 32.2. The monoisotopic (exact) mass is 251 g/mol. The maximum absolute atomic E-state index is 5.26. The second kappa shape index (κ2) is 6.31. The minimum atomic E-state index is 0.401. The molecule has 0 aromatic heterocycles. The van der Waals surface area contributed by atoms with E-state index >= 15 is 0 Å². The molecule has 1 atom stereocenters. The molecule has 2 nitrogen and oxygen atoms in total. The Kier molecular flexibility index (Phi) is 4.75. The van der Waals surface area contributed by atoms with E-state index in [0.717, 1.165) is 5.75 Å². The molecule has 1 saturated heterocycles. The van der Waals surface area contributed by atoms with Crippen molar-refractivity contribution in [3.8, 4) is 5.75 Å². The molecule has 0 aliphatic carbocycles. The van der Waals surface area contributed by atoms with Crippen LogP contribution < -0.4 is 10.1 Å². The van der Waals surface area contributed by atoms with Crippen LogP contribution in [-0.4, -0.2) is 24.7 Å². The van der Waals surface area contributed by atoms with Crippen molar-refractivity contribution < 1.29 is 4.74 Å². The third-order valence-electron chi connectivity index (χ3n) is 3.30. The van der Waals surface area contributed by atoms with Crippen molar-refractivity contribution in [2.24, 2.45) is 0 Å². The number of hydrogen-bond acceptors (Lipinski definition) is 3. The Morgan fingerprint density at radius 1 is 1.35 bits per heavy atom. The van der Waals surface area contributed by atoms with Gasteiger partial charge < -0.3 is 10.1 Å². The normalized spacial score (nSPS) is 18.9. The highest BCUT2D eigenvalue weighted by Crippen LogP contribution is 2.22. The summed E-state index contributed by atoms with van der Waals surface area (Å²) in [5.41, 5.74) is 1.31. The third kappa shape index (κ3) is 3.65. The number of nitrogens with one attached hydrogen (secondary N) is 1. The van der Waals surface area contributed by atoms with Gasteiger partial charge in [0.05, 0.1) is 7.11 Å². The topological polar surface area (TPSA) is 21.3 Å². The molecule has 17 heavy (non-hydrogen) atoms. The van der Waals surface area contributed by atoms with Crippen molar-refractivity contribution in [3.63, 3.8) is 0 Å². The van der Waals surface area contributed by atoms with Crippen LogP contribution >= 0.6 is 11.8 Å². The second-order valence-corrected chi connectivity index (χ2v) is 5.78. The Balaban J connectivity index is 1.95. The molecule has 1 fully saturated rings. The van der Waals surface area contributed by atoms with E-state index in [1.807, 2.05) is 6.07 Å². The van der Waals surface area contributed by atoms with Crippen LogP contribution in [0, 0.1) is 0 Å². The van der Waals surface area contributed by atoms with Crippen molar-refractivity contribution in [2.75, 3.05) is 18.6 Å². The number of rotatable bonds is 4. The molecule has 2 rings (SSSR count). The first-order valence-electron chi connectivity index (χ1n) is 6.27. The van der Waals surface area contributed by atoms with Crippen LogP contribution in [0.15, 0.2) is 24.3 Å². The van der Waals surface area contributed by atoms with E-state index in [4.69, 9.17) is 4.74 Å². The Hall–Kier alpha value is -0.670. The summed E-state index contributed by atoms with van der Waals surface area (Å²) in [5, 5.41) is 3.72. The average molecular weight is 251 g/mol. The van der Waals surface area contributed by atoms with Gasteiger partial charge in [-0.1, -0.05) is 12.1 Å². The fourth-order valence-electron chi connectivity index (χ4n) is 2.22. The average Bonchev–Trinajstić information content (AvgIpc) is 2.40. The lowest BCUT2D eigenvalue weighted by Crippen LogP contribution is -2.34. The van der Waals surface area contributed by atoms with E-state index in [1.165, 1.54) is 29.9 Å². The minimum absolute atomic E-state index is 0.401. The number of ether oxygens (including phenoxy) is 1. The van der Waals surface area contributed by atoms with Gasteiger partial charge >= 0.3 is 0 Å². The molecule has 1 aromatic rings. The summed E-state index contributed by atoms with van der Waals surface area (Å²) in [5.74, 6) is 3.53. The summed E-state index contributed by atoms with van der Waals surface area (Å²) < 4.78 is 5.26. The first-order chi connectivity index (χ1) is 8.29. The van der Waals surface area contributed by atoms with Crippen molar-refractivity contribution in [3.05, 3.63) is 29.8 Å². The van der Waals surface area contributed by atoms with E-state index in [1.54, 1.807) is 7.11 Å². The molecule has 0 radical (unpaired) electrons. The van der Waals surface area contributed by atoms with Crippen molar-refractivity contribution in [2.45, 2.75) is 31.8 Å². The number of benzene rings is 1. The molecule has 0 saturated carbocycles. The molecule has 0 spiro atoms. The van der Waals surface area contributed by atoms with Crippen LogP contribution in [0.5, 0.6) is 5.75 Å². The van der Waals surface area contributed by atoms with E-state index in [2.05, 4.69) is 42.2 Å². The molecule has 1 aromatic carbocycles. The van der Waals surface area contributed by atoms with Gasteiger partial charge in [0.1, 0.15) is 5.75 Å². The van der Waals surface area contributed by atoms with Gasteiger partial charge in [0.25, 0.3) is 0 Å². The van der Waals surface area contributed by atoms with Crippen molar-refractivity contribution in [1.29, 1.82) is 0 Å². The smallest absolute Gasteiger partial charge is 0.119 e. The molecule has 94 valence electrons. The first-order valence-corrected chi connectivity index (χ1v) is 7.43. The molecule has 0 amide bonds. The predicted molar refractivity (Wildman–Crippen MR) is 74.9 cm³/mol. The van der Waals surface area contributed by atoms with Crippen LogP contribution in [0.4, 0.5) is 0 Å². The summed E-state index contributed by atoms with van der Waals surface area (Å²) in [6, 6.07) is 9.42. The largest absolute Gasteiger partial charge is 0.497 e. The summed E-state index contributed by atoms with van der Waals surface area (Å²) in [7, 11) is 1.72. The molecular formula is C14H21NOS. The fraction of sp³-hybridized carbons (Fsp3) is 0.571. The van der Waals surface area contributed by atoms with Gasteiger partial charge in [-0.25, -0.2) is 0 Å². The molecule has 0 bridgehead atoms. The Morgan fingerprint density at radius 2 is 2.12 bits per heavy atom. The maximum atomic E-state index is 5.26. The molecule has 1 unspecified atom stereocenters. The van der Waals surface area contributed by atoms with Gasteiger partial charge in [0.2, 0.25) is 0 Å². The lowest BCUT2D eigenvalue weighted by molar-refractivity contribution is 0.409. The van der Waals surface area contributed by atoms with E-state index in [-0.39, 0.29) is 0 Å². The summed E-state index contributed by atoms with van der Waals surface area (Å²) in [4.78, 5) is 0. The zero-order chi connectivity index (χ0) is 12.1.